The molecule has 0 aliphatic carbocycles. The highest BCUT2D eigenvalue weighted by Gasteiger charge is 2.31. The number of nitrogens with one attached hydrogen (secondary N) is 1. The molecule has 1 amide bonds. The zero-order chi connectivity index (χ0) is 22.2. The molecule has 4 heterocycles. The number of amides is 1. The summed E-state index contributed by atoms with van der Waals surface area (Å²) >= 11 is 1.15. The Hall–Kier alpha value is -2.44. The molecule has 166 valence electrons. The van der Waals surface area contributed by atoms with Crippen molar-refractivity contribution in [1.29, 1.82) is 0 Å². The number of aromatic nitrogens is 2. The van der Waals surface area contributed by atoms with Crippen LogP contribution in [0.4, 0.5) is 13.2 Å². The molecule has 7 nitrogen and oxygen atoms in total. The number of alkyl halides is 3. The zero-order valence-corrected chi connectivity index (χ0v) is 17.8. The van der Waals surface area contributed by atoms with Crippen molar-refractivity contribution in [2.45, 2.75) is 23.2 Å². The predicted molar refractivity (Wildman–Crippen MR) is 108 cm³/mol. The summed E-state index contributed by atoms with van der Waals surface area (Å²) in [5.41, 5.74) is -0.692. The van der Waals surface area contributed by atoms with Crippen LogP contribution in [-0.4, -0.2) is 48.2 Å². The molecule has 0 unspecified atom stereocenters. The van der Waals surface area contributed by atoms with E-state index in [9.17, 15) is 26.4 Å². The van der Waals surface area contributed by atoms with E-state index in [0.717, 1.165) is 23.5 Å². The summed E-state index contributed by atoms with van der Waals surface area (Å²) < 4.78 is 67.3. The number of rotatable bonds is 5. The number of piperidine rings is 1. The van der Waals surface area contributed by atoms with Gasteiger partial charge in [-0.1, -0.05) is 6.07 Å². The molecule has 0 aromatic carbocycles. The van der Waals surface area contributed by atoms with Crippen molar-refractivity contribution in [2.24, 2.45) is 5.92 Å². The highest BCUT2D eigenvalue weighted by atomic mass is 32.2. The Kier molecular flexibility index (Phi) is 5.79. The molecule has 3 aromatic heterocycles. The first-order chi connectivity index (χ1) is 14.6. The molecule has 1 fully saturated rings. The number of thiophene rings is 1. The lowest BCUT2D eigenvalue weighted by atomic mass is 9.97. The van der Waals surface area contributed by atoms with E-state index < -0.39 is 21.8 Å². The van der Waals surface area contributed by atoms with Crippen LogP contribution >= 0.6 is 11.3 Å². The summed E-state index contributed by atoms with van der Waals surface area (Å²) in [6.07, 6.45) is -0.605. The first kappa shape index (κ1) is 21.8. The van der Waals surface area contributed by atoms with E-state index >= 15 is 0 Å². The van der Waals surface area contributed by atoms with Gasteiger partial charge in [-0.2, -0.15) is 13.2 Å². The minimum absolute atomic E-state index is 0.0519. The van der Waals surface area contributed by atoms with Gasteiger partial charge in [-0.05, 0) is 42.3 Å². The van der Waals surface area contributed by atoms with Crippen molar-refractivity contribution >= 4 is 32.9 Å². The van der Waals surface area contributed by atoms with Crippen LogP contribution in [0.5, 0.6) is 0 Å². The molecule has 0 saturated carbocycles. The number of fused-ring (bicyclic) bond motifs is 1. The number of hydrogen-bond acceptors (Lipinski definition) is 5. The molecule has 1 aliphatic rings. The number of carbonyl (C=O) groups excluding carboxylic acids is 1. The molecule has 3 aromatic rings. The van der Waals surface area contributed by atoms with Crippen LogP contribution in [-0.2, 0) is 16.2 Å². The third kappa shape index (κ3) is 4.75. The molecule has 1 aliphatic heterocycles. The van der Waals surface area contributed by atoms with E-state index in [0.29, 0.717) is 25.9 Å². The van der Waals surface area contributed by atoms with Crippen LogP contribution in [0, 0.1) is 5.92 Å². The predicted octanol–water partition coefficient (Wildman–Crippen LogP) is 3.25. The van der Waals surface area contributed by atoms with Gasteiger partial charge in [-0.3, -0.25) is 4.79 Å². The molecule has 0 radical (unpaired) electrons. The normalized spacial score (nSPS) is 16.2. The number of pyridine rings is 1. The standard InChI is InChI=1S/C19H19F3N4O3S2/c20-19(21,22)14-5-8-26-12-15(24-16(26)10-14)18(27)25-6-3-13(4-7-25)11-23-31(28,29)17-2-1-9-30-17/h1-2,5,8-10,12-13,23H,3-4,6-7,11H2. The zero-order valence-electron chi connectivity index (χ0n) is 16.2. The maximum absolute atomic E-state index is 12.9. The van der Waals surface area contributed by atoms with Crippen molar-refractivity contribution in [1.82, 2.24) is 19.0 Å². The number of sulfonamides is 1. The van der Waals surface area contributed by atoms with Gasteiger partial charge < -0.3 is 9.30 Å². The molecule has 1 N–H and O–H groups in total. The Morgan fingerprint density at radius 3 is 2.65 bits per heavy atom. The van der Waals surface area contributed by atoms with Crippen molar-refractivity contribution in [3.05, 3.63) is 53.3 Å². The lowest BCUT2D eigenvalue weighted by Crippen LogP contribution is -2.41. The van der Waals surface area contributed by atoms with Gasteiger partial charge in [0.25, 0.3) is 5.91 Å². The summed E-state index contributed by atoms with van der Waals surface area (Å²) in [6.45, 7) is 1.13. The second-order valence-electron chi connectivity index (χ2n) is 7.32. The van der Waals surface area contributed by atoms with E-state index in [2.05, 4.69) is 9.71 Å². The molecule has 12 heteroatoms. The molecule has 0 bridgehead atoms. The molecular formula is C19H19F3N4O3S2. The van der Waals surface area contributed by atoms with E-state index in [1.807, 2.05) is 0 Å². The van der Waals surface area contributed by atoms with Crippen molar-refractivity contribution in [2.75, 3.05) is 19.6 Å². The van der Waals surface area contributed by atoms with E-state index in [-0.39, 0.29) is 33.9 Å². The van der Waals surface area contributed by atoms with Crippen LogP contribution in [0.15, 0.2) is 46.2 Å². The second-order valence-corrected chi connectivity index (χ2v) is 10.3. The van der Waals surface area contributed by atoms with Gasteiger partial charge in [0, 0.05) is 32.0 Å². The van der Waals surface area contributed by atoms with Crippen LogP contribution in [0.2, 0.25) is 0 Å². The summed E-state index contributed by atoms with van der Waals surface area (Å²) in [4.78, 5) is 18.4. The topological polar surface area (TPSA) is 83.8 Å². The molecule has 0 spiro atoms. The van der Waals surface area contributed by atoms with Gasteiger partial charge >= 0.3 is 6.18 Å². The fourth-order valence-corrected chi connectivity index (χ4v) is 5.63. The molecule has 31 heavy (non-hydrogen) atoms. The average molecular weight is 473 g/mol. The van der Waals surface area contributed by atoms with Crippen LogP contribution in [0.25, 0.3) is 5.65 Å². The number of halogens is 3. The van der Waals surface area contributed by atoms with Gasteiger partial charge in [0.15, 0.2) is 0 Å². The Labute approximate surface area is 180 Å². The Balaban J connectivity index is 1.36. The van der Waals surface area contributed by atoms with Crippen LogP contribution < -0.4 is 4.72 Å². The van der Waals surface area contributed by atoms with Crippen molar-refractivity contribution in [3.63, 3.8) is 0 Å². The van der Waals surface area contributed by atoms with Crippen molar-refractivity contribution in [3.8, 4) is 0 Å². The minimum Gasteiger partial charge on any atom is -0.337 e. The monoisotopic (exact) mass is 472 g/mol. The van der Waals surface area contributed by atoms with Crippen LogP contribution in [0.1, 0.15) is 28.9 Å². The first-order valence-electron chi connectivity index (χ1n) is 9.52. The smallest absolute Gasteiger partial charge is 0.337 e. The molecule has 1 saturated heterocycles. The maximum Gasteiger partial charge on any atom is 0.416 e. The number of carbonyl (C=O) groups is 1. The third-order valence-electron chi connectivity index (χ3n) is 5.23. The lowest BCUT2D eigenvalue weighted by molar-refractivity contribution is -0.137. The summed E-state index contributed by atoms with van der Waals surface area (Å²) in [7, 11) is -3.52. The molecular weight excluding hydrogens is 453 g/mol. The Morgan fingerprint density at radius 2 is 2.00 bits per heavy atom. The first-order valence-corrected chi connectivity index (χ1v) is 11.9. The van der Waals surface area contributed by atoms with Gasteiger partial charge in [0.05, 0.1) is 5.56 Å². The number of imidazole rings is 1. The van der Waals surface area contributed by atoms with E-state index in [1.165, 1.54) is 16.8 Å². The fourth-order valence-electron chi connectivity index (χ4n) is 3.48. The van der Waals surface area contributed by atoms with Crippen LogP contribution in [0.3, 0.4) is 0 Å². The van der Waals surface area contributed by atoms with Gasteiger partial charge in [0.1, 0.15) is 15.6 Å². The SMILES string of the molecule is O=C(c1cn2ccc(C(F)(F)F)cc2n1)N1CCC(CNS(=O)(=O)c2cccs2)CC1. The van der Waals surface area contributed by atoms with Gasteiger partial charge in [-0.25, -0.2) is 18.1 Å². The minimum atomic E-state index is -4.48. The highest BCUT2D eigenvalue weighted by molar-refractivity contribution is 7.91. The largest absolute Gasteiger partial charge is 0.416 e. The second kappa shape index (κ2) is 8.24. The molecule has 0 atom stereocenters. The summed E-state index contributed by atoms with van der Waals surface area (Å²) in [5.74, 6) is -0.260. The summed E-state index contributed by atoms with van der Waals surface area (Å²) in [6, 6.07) is 5.06. The average Bonchev–Trinajstić information content (AvgIpc) is 3.41. The summed E-state index contributed by atoms with van der Waals surface area (Å²) in [5, 5.41) is 1.70. The number of nitrogens with zero attached hydrogens (tertiary/aromatic N) is 3. The number of likely N-dealkylation sites (tertiary alicyclic amines) is 1. The Morgan fingerprint density at radius 1 is 1.26 bits per heavy atom. The third-order valence-corrected chi connectivity index (χ3v) is 8.05. The van der Waals surface area contributed by atoms with E-state index in [1.54, 1.807) is 22.4 Å². The lowest BCUT2D eigenvalue weighted by Gasteiger charge is -2.31. The van der Waals surface area contributed by atoms with Crippen molar-refractivity contribution < 1.29 is 26.4 Å². The maximum atomic E-state index is 12.9. The Bertz CT molecular complexity index is 1180. The van der Waals surface area contributed by atoms with Gasteiger partial charge in [0.2, 0.25) is 10.0 Å². The fraction of sp³-hybridized carbons (Fsp3) is 0.368. The van der Waals surface area contributed by atoms with E-state index in [4.69, 9.17) is 0 Å². The number of hydrogen-bond donors (Lipinski definition) is 1. The highest BCUT2D eigenvalue weighted by Crippen LogP contribution is 2.30. The molecule has 4 rings (SSSR count). The quantitative estimate of drug-likeness (QED) is 0.618. The van der Waals surface area contributed by atoms with Gasteiger partial charge in [-0.15, -0.1) is 11.3 Å².